The van der Waals surface area contributed by atoms with Crippen molar-refractivity contribution < 1.29 is 28.7 Å². The van der Waals surface area contributed by atoms with Gasteiger partial charge in [-0.15, -0.1) is 11.8 Å². The van der Waals surface area contributed by atoms with Crippen molar-refractivity contribution in [2.45, 2.75) is 69.7 Å². The minimum absolute atomic E-state index is 0.00136. The molecule has 0 aromatic heterocycles. The van der Waals surface area contributed by atoms with E-state index in [9.17, 15) is 19.2 Å². The van der Waals surface area contributed by atoms with Crippen LogP contribution in [0.15, 0.2) is 53.3 Å². The molecule has 0 bridgehead atoms. The summed E-state index contributed by atoms with van der Waals surface area (Å²) in [6, 6.07) is 8.80. The van der Waals surface area contributed by atoms with E-state index in [0.717, 1.165) is 18.4 Å². The SMILES string of the molecule is CC(C)(C)OC(=O)N[C@@H]1C(=O)N2C(C(=O)OCc3ccccc3)=C(/C=C3/CCN(C4CC4)C3=O)CS[C@H]12. The van der Waals surface area contributed by atoms with Crippen LogP contribution in [-0.2, 0) is 30.5 Å². The molecule has 5 rings (SSSR count). The number of esters is 1. The van der Waals surface area contributed by atoms with Crippen LogP contribution in [0.4, 0.5) is 4.79 Å². The van der Waals surface area contributed by atoms with E-state index in [-0.39, 0.29) is 18.2 Å². The van der Waals surface area contributed by atoms with Crippen LogP contribution in [0.25, 0.3) is 0 Å². The van der Waals surface area contributed by atoms with Crippen LogP contribution >= 0.6 is 11.8 Å². The Hall–Kier alpha value is -3.27. The Morgan fingerprint density at radius 2 is 1.89 bits per heavy atom. The Labute approximate surface area is 220 Å². The van der Waals surface area contributed by atoms with Crippen LogP contribution < -0.4 is 5.32 Å². The molecule has 4 aliphatic rings. The van der Waals surface area contributed by atoms with Gasteiger partial charge in [0.2, 0.25) is 5.91 Å². The minimum atomic E-state index is -0.815. The predicted molar refractivity (Wildman–Crippen MR) is 137 cm³/mol. The van der Waals surface area contributed by atoms with Crippen molar-refractivity contribution >= 4 is 35.6 Å². The highest BCUT2D eigenvalue weighted by molar-refractivity contribution is 8.00. The monoisotopic (exact) mass is 525 g/mol. The van der Waals surface area contributed by atoms with Crippen LogP contribution in [0.3, 0.4) is 0 Å². The maximum absolute atomic E-state index is 13.4. The van der Waals surface area contributed by atoms with E-state index in [1.165, 1.54) is 16.7 Å². The van der Waals surface area contributed by atoms with E-state index >= 15 is 0 Å². The molecule has 0 spiro atoms. The number of nitrogens with one attached hydrogen (secondary N) is 1. The Balaban J connectivity index is 1.38. The molecule has 1 aromatic rings. The quantitative estimate of drug-likeness (QED) is 0.346. The first kappa shape index (κ1) is 25.4. The number of alkyl carbamates (subject to hydrolysis) is 1. The number of ether oxygens (including phenoxy) is 2. The molecule has 1 N–H and O–H groups in total. The second-order valence-electron chi connectivity index (χ2n) is 10.6. The predicted octanol–water partition coefficient (Wildman–Crippen LogP) is 3.11. The standard InChI is InChI=1S/C27H31N3O6S/c1-27(2,3)36-26(34)28-20-23(32)30-21(25(33)35-14-16-7-5-4-6-8-16)18(15-37-24(20)30)13-17-11-12-29(22(17)31)19-9-10-19/h4-8,13,19-20,24H,9-12,14-15H2,1-3H3,(H,28,34)/b17-13-/t20-,24-/m1/s1. The van der Waals surface area contributed by atoms with Crippen LogP contribution in [0.1, 0.15) is 45.6 Å². The largest absolute Gasteiger partial charge is 0.456 e. The molecule has 0 radical (unpaired) electrons. The average Bonchev–Trinajstić information content (AvgIpc) is 3.63. The van der Waals surface area contributed by atoms with Gasteiger partial charge in [-0.1, -0.05) is 30.3 Å². The Bertz CT molecular complexity index is 1180. The Kier molecular flexibility index (Phi) is 6.78. The van der Waals surface area contributed by atoms with Crippen LogP contribution in [0, 0.1) is 0 Å². The van der Waals surface area contributed by atoms with Gasteiger partial charge in [-0.05, 0) is 57.2 Å². The molecule has 1 aliphatic carbocycles. The lowest BCUT2D eigenvalue weighted by Crippen LogP contribution is -2.70. The molecule has 3 amide bonds. The minimum Gasteiger partial charge on any atom is -0.456 e. The summed E-state index contributed by atoms with van der Waals surface area (Å²) in [5.41, 5.74) is 1.49. The zero-order valence-corrected chi connectivity index (χ0v) is 22.0. The van der Waals surface area contributed by atoms with Gasteiger partial charge in [0.1, 0.15) is 29.3 Å². The summed E-state index contributed by atoms with van der Waals surface area (Å²) in [6.07, 6.45) is 3.74. The van der Waals surface area contributed by atoms with Gasteiger partial charge in [0, 0.05) is 23.9 Å². The van der Waals surface area contributed by atoms with Gasteiger partial charge in [0.05, 0.1) is 0 Å². The first-order valence-corrected chi connectivity index (χ1v) is 13.6. The molecule has 196 valence electrons. The highest BCUT2D eigenvalue weighted by Crippen LogP contribution is 2.42. The van der Waals surface area contributed by atoms with Gasteiger partial charge in [-0.3, -0.25) is 14.5 Å². The van der Waals surface area contributed by atoms with Crippen LogP contribution in [0.2, 0.25) is 0 Å². The number of benzene rings is 1. The van der Waals surface area contributed by atoms with Crippen molar-refractivity contribution in [2.75, 3.05) is 12.3 Å². The number of β-lactam (4-membered cyclic amide) rings is 1. The molecule has 2 atom stereocenters. The molecule has 10 heteroatoms. The smallest absolute Gasteiger partial charge is 0.408 e. The second kappa shape index (κ2) is 9.89. The molecule has 37 heavy (non-hydrogen) atoms. The fraction of sp³-hybridized carbons (Fsp3) is 0.481. The molecule has 3 heterocycles. The second-order valence-corrected chi connectivity index (χ2v) is 11.7. The Morgan fingerprint density at radius 1 is 1.16 bits per heavy atom. The summed E-state index contributed by atoms with van der Waals surface area (Å²) in [4.78, 5) is 55.1. The fourth-order valence-corrected chi connectivity index (χ4v) is 5.99. The van der Waals surface area contributed by atoms with Crippen molar-refractivity contribution in [3.8, 4) is 0 Å². The zero-order valence-electron chi connectivity index (χ0n) is 21.2. The number of fused-ring (bicyclic) bond motifs is 1. The summed E-state index contributed by atoms with van der Waals surface area (Å²) in [5, 5.41) is 2.17. The first-order chi connectivity index (χ1) is 17.6. The van der Waals surface area contributed by atoms with E-state index < -0.39 is 35.0 Å². The maximum Gasteiger partial charge on any atom is 0.408 e. The summed E-state index contributed by atoms with van der Waals surface area (Å²) >= 11 is 1.43. The van der Waals surface area contributed by atoms with Gasteiger partial charge >= 0.3 is 12.1 Å². The third-order valence-corrected chi connectivity index (χ3v) is 7.87. The van der Waals surface area contributed by atoms with E-state index in [1.807, 2.05) is 35.2 Å². The topological polar surface area (TPSA) is 105 Å². The molecular weight excluding hydrogens is 494 g/mol. The van der Waals surface area contributed by atoms with Crippen LogP contribution in [-0.4, -0.2) is 69.0 Å². The molecular formula is C27H31N3O6S. The highest BCUT2D eigenvalue weighted by atomic mass is 32.2. The molecule has 3 aliphatic heterocycles. The number of hydrogen-bond donors (Lipinski definition) is 1. The number of amides is 3. The molecule has 2 saturated heterocycles. The highest BCUT2D eigenvalue weighted by Gasteiger charge is 2.54. The number of allylic oxidation sites excluding steroid dienone is 1. The zero-order chi connectivity index (χ0) is 26.3. The normalized spacial score (nSPS) is 24.7. The fourth-order valence-electron chi connectivity index (χ4n) is 4.68. The molecule has 9 nitrogen and oxygen atoms in total. The van der Waals surface area contributed by atoms with E-state index in [0.29, 0.717) is 35.9 Å². The van der Waals surface area contributed by atoms with Gasteiger partial charge < -0.3 is 19.7 Å². The van der Waals surface area contributed by atoms with Crippen molar-refractivity contribution in [3.05, 3.63) is 58.8 Å². The lowest BCUT2D eigenvalue weighted by atomic mass is 10.0. The lowest BCUT2D eigenvalue weighted by molar-refractivity contribution is -0.152. The third-order valence-electron chi connectivity index (χ3n) is 6.57. The molecule has 3 fully saturated rings. The van der Waals surface area contributed by atoms with Crippen molar-refractivity contribution in [2.24, 2.45) is 0 Å². The summed E-state index contributed by atoms with van der Waals surface area (Å²) in [6.45, 7) is 5.97. The lowest BCUT2D eigenvalue weighted by Gasteiger charge is -2.49. The van der Waals surface area contributed by atoms with Crippen molar-refractivity contribution in [3.63, 3.8) is 0 Å². The number of thioether (sulfide) groups is 1. The number of rotatable bonds is 6. The maximum atomic E-state index is 13.4. The van der Waals surface area contributed by atoms with E-state index in [2.05, 4.69) is 5.32 Å². The first-order valence-electron chi connectivity index (χ1n) is 12.5. The summed E-state index contributed by atoms with van der Waals surface area (Å²) < 4.78 is 10.9. The Morgan fingerprint density at radius 3 is 2.57 bits per heavy atom. The van der Waals surface area contributed by atoms with Gasteiger partial charge in [0.25, 0.3) is 5.91 Å². The molecule has 1 aromatic carbocycles. The van der Waals surface area contributed by atoms with E-state index in [4.69, 9.17) is 9.47 Å². The summed E-state index contributed by atoms with van der Waals surface area (Å²) in [5.74, 6) is -0.646. The number of carbonyl (C=O) groups is 4. The van der Waals surface area contributed by atoms with Gasteiger partial charge in [0.15, 0.2) is 0 Å². The number of nitrogens with zero attached hydrogens (tertiary/aromatic N) is 2. The third kappa shape index (κ3) is 5.39. The summed E-state index contributed by atoms with van der Waals surface area (Å²) in [7, 11) is 0. The van der Waals surface area contributed by atoms with Crippen LogP contribution in [0.5, 0.6) is 0 Å². The number of likely N-dealkylation sites (tertiary alicyclic amines) is 1. The van der Waals surface area contributed by atoms with E-state index in [1.54, 1.807) is 26.8 Å². The van der Waals surface area contributed by atoms with Gasteiger partial charge in [-0.2, -0.15) is 0 Å². The number of carbonyl (C=O) groups excluding carboxylic acids is 4. The van der Waals surface area contributed by atoms with Gasteiger partial charge in [-0.25, -0.2) is 9.59 Å². The molecule has 0 unspecified atom stereocenters. The van der Waals surface area contributed by atoms with Crippen molar-refractivity contribution in [1.82, 2.24) is 15.1 Å². The van der Waals surface area contributed by atoms with Crippen molar-refractivity contribution in [1.29, 1.82) is 0 Å². The average molecular weight is 526 g/mol. The molecule has 1 saturated carbocycles. The number of hydrogen-bond acceptors (Lipinski definition) is 7.